The number of fused-ring (bicyclic) bond motifs is 2. The SMILES string of the molecule is CS(=O)(=O)N1CC(Cc2cc(-c3ccc4cn(Cc5ccccc5)nc4c3)c3c(N)ncnn23)C1. The molecule has 0 unspecified atom stereocenters. The first kappa shape index (κ1) is 21.8. The van der Waals surface area contributed by atoms with Crippen molar-refractivity contribution in [1.82, 2.24) is 28.7 Å². The van der Waals surface area contributed by atoms with Crippen LogP contribution < -0.4 is 5.73 Å². The average Bonchev–Trinajstić information content (AvgIpc) is 3.37. The third-order valence-electron chi connectivity index (χ3n) is 6.60. The molecule has 10 heteroatoms. The Morgan fingerprint density at radius 1 is 1.09 bits per heavy atom. The molecule has 178 valence electrons. The largest absolute Gasteiger partial charge is 0.382 e. The van der Waals surface area contributed by atoms with E-state index in [4.69, 9.17) is 10.8 Å². The number of nitrogens with zero attached hydrogens (tertiary/aromatic N) is 6. The minimum atomic E-state index is -3.15. The van der Waals surface area contributed by atoms with Gasteiger partial charge in [0.1, 0.15) is 11.8 Å². The van der Waals surface area contributed by atoms with E-state index in [0.29, 0.717) is 31.9 Å². The first-order chi connectivity index (χ1) is 16.8. The van der Waals surface area contributed by atoms with Gasteiger partial charge in [0.05, 0.1) is 18.3 Å². The molecular formula is C25H25N7O2S. The van der Waals surface area contributed by atoms with Gasteiger partial charge in [-0.05, 0) is 35.6 Å². The quantitative estimate of drug-likeness (QED) is 0.394. The summed E-state index contributed by atoms with van der Waals surface area (Å²) < 4.78 is 28.8. The zero-order valence-corrected chi connectivity index (χ0v) is 20.1. The van der Waals surface area contributed by atoms with E-state index in [-0.39, 0.29) is 5.92 Å². The minimum absolute atomic E-state index is 0.239. The molecule has 1 saturated heterocycles. The number of nitrogens with two attached hydrogens (primary N) is 1. The van der Waals surface area contributed by atoms with Crippen LogP contribution in [-0.4, -0.2) is 56.4 Å². The highest BCUT2D eigenvalue weighted by atomic mass is 32.2. The topological polar surface area (TPSA) is 111 Å². The Balaban J connectivity index is 1.34. The number of aromatic nitrogens is 5. The van der Waals surface area contributed by atoms with Crippen molar-refractivity contribution in [2.45, 2.75) is 13.0 Å². The summed E-state index contributed by atoms with van der Waals surface area (Å²) in [5, 5.41) is 10.3. The van der Waals surface area contributed by atoms with Gasteiger partial charge in [0.25, 0.3) is 0 Å². The normalized spacial score (nSPS) is 15.1. The molecule has 1 aliphatic rings. The van der Waals surface area contributed by atoms with E-state index >= 15 is 0 Å². The van der Waals surface area contributed by atoms with Crippen LogP contribution in [0, 0.1) is 5.92 Å². The van der Waals surface area contributed by atoms with Gasteiger partial charge < -0.3 is 5.73 Å². The summed E-state index contributed by atoms with van der Waals surface area (Å²) in [6.45, 7) is 1.75. The second-order valence-corrected chi connectivity index (χ2v) is 11.2. The zero-order chi connectivity index (χ0) is 24.2. The van der Waals surface area contributed by atoms with Crippen LogP contribution in [0.1, 0.15) is 11.3 Å². The van der Waals surface area contributed by atoms with Crippen molar-refractivity contribution in [2.75, 3.05) is 25.1 Å². The molecule has 2 aromatic carbocycles. The number of hydrogen-bond acceptors (Lipinski definition) is 6. The Bertz CT molecular complexity index is 1650. The molecule has 9 nitrogen and oxygen atoms in total. The number of rotatable bonds is 6. The lowest BCUT2D eigenvalue weighted by molar-refractivity contribution is 0.199. The van der Waals surface area contributed by atoms with Crippen molar-refractivity contribution in [1.29, 1.82) is 0 Å². The van der Waals surface area contributed by atoms with Gasteiger partial charge in [-0.25, -0.2) is 22.2 Å². The molecule has 1 aliphatic heterocycles. The maximum atomic E-state index is 11.7. The number of nitrogen functional groups attached to an aromatic ring is 1. The van der Waals surface area contributed by atoms with Gasteiger partial charge in [0, 0.05) is 35.9 Å². The minimum Gasteiger partial charge on any atom is -0.382 e. The van der Waals surface area contributed by atoms with Gasteiger partial charge in [-0.15, -0.1) is 0 Å². The predicted molar refractivity (Wildman–Crippen MR) is 135 cm³/mol. The van der Waals surface area contributed by atoms with E-state index < -0.39 is 10.0 Å². The monoisotopic (exact) mass is 487 g/mol. The summed E-state index contributed by atoms with van der Waals surface area (Å²) in [4.78, 5) is 4.22. The van der Waals surface area contributed by atoms with E-state index in [2.05, 4.69) is 52.7 Å². The lowest BCUT2D eigenvalue weighted by Gasteiger charge is -2.37. The van der Waals surface area contributed by atoms with Gasteiger partial charge in [0.2, 0.25) is 10.0 Å². The van der Waals surface area contributed by atoms with Crippen molar-refractivity contribution >= 4 is 32.3 Å². The summed E-state index contributed by atoms with van der Waals surface area (Å²) in [5.74, 6) is 0.644. The number of sulfonamides is 1. The van der Waals surface area contributed by atoms with Crippen molar-refractivity contribution in [3.8, 4) is 11.1 Å². The summed E-state index contributed by atoms with van der Waals surface area (Å²) in [7, 11) is -3.15. The number of hydrogen-bond donors (Lipinski definition) is 1. The van der Waals surface area contributed by atoms with Crippen molar-refractivity contribution < 1.29 is 8.42 Å². The average molecular weight is 488 g/mol. The fourth-order valence-electron chi connectivity index (χ4n) is 4.80. The molecule has 0 bridgehead atoms. The first-order valence-electron chi connectivity index (χ1n) is 11.4. The number of benzene rings is 2. The van der Waals surface area contributed by atoms with E-state index in [1.54, 1.807) is 0 Å². The van der Waals surface area contributed by atoms with Gasteiger partial charge >= 0.3 is 0 Å². The highest BCUT2D eigenvalue weighted by Crippen LogP contribution is 2.34. The summed E-state index contributed by atoms with van der Waals surface area (Å²) in [6.07, 6.45) is 5.46. The predicted octanol–water partition coefficient (Wildman–Crippen LogP) is 2.81. The standard InChI is InChI=1S/C25H25N7O2S/c1-35(33,34)31-13-18(14-31)9-21-11-22(24-25(26)27-16-28-32(21)24)19-7-8-20-15-30(29-23(20)10-19)12-17-5-3-2-4-6-17/h2-8,10-11,15-16,18H,9,12-14H2,1H3,(H2,26,27,28). The molecule has 4 heterocycles. The van der Waals surface area contributed by atoms with Gasteiger partial charge in [-0.1, -0.05) is 42.5 Å². The van der Waals surface area contributed by atoms with Crippen LogP contribution in [0.5, 0.6) is 0 Å². The van der Waals surface area contributed by atoms with Crippen molar-refractivity contribution in [3.05, 3.63) is 78.4 Å². The Morgan fingerprint density at radius 2 is 1.89 bits per heavy atom. The van der Waals surface area contributed by atoms with Gasteiger partial charge in [0.15, 0.2) is 5.82 Å². The second-order valence-electron chi connectivity index (χ2n) is 9.19. The van der Waals surface area contributed by atoms with Crippen molar-refractivity contribution in [2.24, 2.45) is 5.92 Å². The van der Waals surface area contributed by atoms with Crippen LogP contribution in [0.4, 0.5) is 5.82 Å². The van der Waals surface area contributed by atoms with E-state index in [9.17, 15) is 8.42 Å². The molecule has 0 saturated carbocycles. The Kier molecular flexibility index (Phi) is 5.08. The van der Waals surface area contributed by atoms with Gasteiger partial charge in [-0.2, -0.15) is 10.2 Å². The maximum absolute atomic E-state index is 11.7. The summed E-state index contributed by atoms with van der Waals surface area (Å²) in [6, 6.07) is 18.5. The van der Waals surface area contributed by atoms with Crippen LogP contribution in [-0.2, 0) is 23.0 Å². The Morgan fingerprint density at radius 3 is 2.66 bits per heavy atom. The van der Waals surface area contributed by atoms with E-state index in [1.165, 1.54) is 22.5 Å². The van der Waals surface area contributed by atoms with Crippen LogP contribution in [0.3, 0.4) is 0 Å². The molecule has 0 radical (unpaired) electrons. The van der Waals surface area contributed by atoms with Crippen LogP contribution in [0.15, 0.2) is 67.1 Å². The Hall–Kier alpha value is -3.76. The molecule has 35 heavy (non-hydrogen) atoms. The fraction of sp³-hybridized carbons (Fsp3) is 0.240. The Labute approximate surface area is 202 Å². The molecular weight excluding hydrogens is 462 g/mol. The van der Waals surface area contributed by atoms with E-state index in [0.717, 1.165) is 33.2 Å². The van der Waals surface area contributed by atoms with Crippen LogP contribution >= 0.6 is 0 Å². The molecule has 0 atom stereocenters. The molecule has 0 spiro atoms. The van der Waals surface area contributed by atoms with Crippen LogP contribution in [0.25, 0.3) is 27.5 Å². The van der Waals surface area contributed by atoms with Crippen molar-refractivity contribution in [3.63, 3.8) is 0 Å². The molecule has 0 amide bonds. The summed E-state index contributed by atoms with van der Waals surface area (Å²) in [5.41, 5.74) is 12.0. The highest BCUT2D eigenvalue weighted by Gasteiger charge is 2.34. The smallest absolute Gasteiger partial charge is 0.211 e. The molecule has 6 rings (SSSR count). The second kappa shape index (κ2) is 8.17. The molecule has 2 N–H and O–H groups in total. The zero-order valence-electron chi connectivity index (χ0n) is 19.2. The lowest BCUT2D eigenvalue weighted by atomic mass is 9.97. The highest BCUT2D eigenvalue weighted by molar-refractivity contribution is 7.88. The fourth-order valence-corrected chi connectivity index (χ4v) is 5.77. The molecule has 5 aromatic rings. The third-order valence-corrected chi connectivity index (χ3v) is 7.84. The maximum Gasteiger partial charge on any atom is 0.211 e. The molecule has 1 fully saturated rings. The third kappa shape index (κ3) is 4.04. The van der Waals surface area contributed by atoms with Gasteiger partial charge in [-0.3, -0.25) is 4.68 Å². The summed E-state index contributed by atoms with van der Waals surface area (Å²) >= 11 is 0. The number of anilines is 1. The molecule has 3 aromatic heterocycles. The molecule has 0 aliphatic carbocycles. The first-order valence-corrected chi connectivity index (χ1v) is 13.3. The van der Waals surface area contributed by atoms with E-state index in [1.807, 2.05) is 27.4 Å². The lowest BCUT2D eigenvalue weighted by Crippen LogP contribution is -2.50. The van der Waals surface area contributed by atoms with Crippen LogP contribution in [0.2, 0.25) is 0 Å².